The van der Waals surface area contributed by atoms with Crippen LogP contribution in [0.5, 0.6) is 0 Å². The third-order valence-corrected chi connectivity index (χ3v) is 9.29. The summed E-state index contributed by atoms with van der Waals surface area (Å²) in [6.07, 6.45) is 3.34. The molecular weight excluding hydrogens is 601 g/mol. The van der Waals surface area contributed by atoms with Crippen molar-refractivity contribution in [3.05, 3.63) is 157 Å². The number of hydrogen-bond acceptors (Lipinski definition) is 5. The van der Waals surface area contributed by atoms with Crippen LogP contribution in [0.1, 0.15) is 11.4 Å². The van der Waals surface area contributed by atoms with Gasteiger partial charge >= 0.3 is 0 Å². The van der Waals surface area contributed by atoms with Gasteiger partial charge in [-0.05, 0) is 102 Å². The second kappa shape index (κ2) is 11.3. The number of rotatable bonds is 4. The highest BCUT2D eigenvalue weighted by Crippen LogP contribution is 2.45. The van der Waals surface area contributed by atoms with E-state index >= 15 is 0 Å². The molecule has 0 aliphatic rings. The summed E-state index contributed by atoms with van der Waals surface area (Å²) in [6, 6.07) is 50.0. The van der Waals surface area contributed by atoms with Crippen molar-refractivity contribution in [1.29, 1.82) is 10.5 Å². The lowest BCUT2D eigenvalue weighted by Gasteiger charge is -2.11. The van der Waals surface area contributed by atoms with Crippen LogP contribution in [0.3, 0.4) is 0 Å². The molecule has 9 aromatic rings. The van der Waals surface area contributed by atoms with Gasteiger partial charge in [0.2, 0.25) is 0 Å². The zero-order valence-corrected chi connectivity index (χ0v) is 26.1. The van der Waals surface area contributed by atoms with Gasteiger partial charge in [0, 0.05) is 23.2 Å². The predicted molar refractivity (Wildman–Crippen MR) is 195 cm³/mol. The van der Waals surface area contributed by atoms with Crippen molar-refractivity contribution in [2.45, 2.75) is 0 Å². The van der Waals surface area contributed by atoms with Gasteiger partial charge in [0.15, 0.2) is 0 Å². The van der Waals surface area contributed by atoms with Crippen LogP contribution in [0.25, 0.3) is 88.0 Å². The van der Waals surface area contributed by atoms with E-state index in [4.69, 9.17) is 4.42 Å². The van der Waals surface area contributed by atoms with E-state index in [0.717, 1.165) is 88.0 Å². The second-order valence-corrected chi connectivity index (χ2v) is 12.0. The fraction of sp³-hybridized carbons (Fsp3) is 0. The number of fused-ring (bicyclic) bond motifs is 7. The summed E-state index contributed by atoms with van der Waals surface area (Å²) in [5, 5.41) is 25.4. The van der Waals surface area contributed by atoms with Crippen LogP contribution in [-0.4, -0.2) is 9.97 Å². The fourth-order valence-corrected chi connectivity index (χ4v) is 7.00. The van der Waals surface area contributed by atoms with Gasteiger partial charge in [0.1, 0.15) is 34.7 Å². The lowest BCUT2D eigenvalue weighted by Crippen LogP contribution is -1.87. The summed E-state index contributed by atoms with van der Waals surface area (Å²) in [5.74, 6) is 0. The maximum absolute atomic E-state index is 9.31. The molecule has 0 fully saturated rings. The van der Waals surface area contributed by atoms with Gasteiger partial charge in [0.05, 0.1) is 0 Å². The van der Waals surface area contributed by atoms with Gasteiger partial charge in [-0.1, -0.05) is 97.1 Å². The molecule has 3 aromatic heterocycles. The third kappa shape index (κ3) is 4.69. The number of hydrogen-bond donors (Lipinski definition) is 0. The SMILES string of the molecule is N#Cc1cc(-c2ccc(-c3cc4oc5cc(-c6ccc(-c7ccnc(C#N)c7)cc6)c6ccccc6c5c4c4ccccc34)cc2)ccn1. The second-order valence-electron chi connectivity index (χ2n) is 12.0. The Balaban J connectivity index is 1.21. The minimum absolute atomic E-state index is 0.399. The molecule has 9 rings (SSSR count). The van der Waals surface area contributed by atoms with E-state index in [2.05, 4.69) is 131 Å². The highest BCUT2D eigenvalue weighted by Gasteiger charge is 2.19. The molecule has 3 heterocycles. The Kier molecular flexibility index (Phi) is 6.50. The lowest BCUT2D eigenvalue weighted by molar-refractivity contribution is 0.670. The first-order valence-electron chi connectivity index (χ1n) is 15.9. The average Bonchev–Trinajstić information content (AvgIpc) is 3.56. The van der Waals surface area contributed by atoms with Gasteiger partial charge in [0.25, 0.3) is 0 Å². The van der Waals surface area contributed by atoms with Crippen LogP contribution in [-0.2, 0) is 0 Å². The van der Waals surface area contributed by atoms with E-state index in [0.29, 0.717) is 11.4 Å². The highest BCUT2D eigenvalue weighted by atomic mass is 16.3. The maximum atomic E-state index is 9.31. The third-order valence-electron chi connectivity index (χ3n) is 9.29. The Bertz CT molecular complexity index is 2640. The van der Waals surface area contributed by atoms with Crippen molar-refractivity contribution in [3.63, 3.8) is 0 Å². The summed E-state index contributed by atoms with van der Waals surface area (Å²) < 4.78 is 6.75. The summed E-state index contributed by atoms with van der Waals surface area (Å²) in [7, 11) is 0. The largest absolute Gasteiger partial charge is 0.456 e. The van der Waals surface area contributed by atoms with Crippen molar-refractivity contribution in [2.24, 2.45) is 0 Å². The minimum Gasteiger partial charge on any atom is -0.456 e. The number of furan rings is 1. The normalized spacial score (nSPS) is 11.2. The fourth-order valence-electron chi connectivity index (χ4n) is 7.00. The number of benzene rings is 6. The molecule has 0 aliphatic heterocycles. The number of nitrogens with zero attached hydrogens (tertiary/aromatic N) is 4. The summed E-state index contributed by atoms with van der Waals surface area (Å²) >= 11 is 0. The van der Waals surface area contributed by atoms with E-state index in [1.165, 1.54) is 0 Å². The first-order chi connectivity index (χ1) is 24.2. The molecule has 0 atom stereocenters. The van der Waals surface area contributed by atoms with Crippen LogP contribution < -0.4 is 0 Å². The predicted octanol–water partition coefficient (Wildman–Crippen LogP) is 11.1. The standard InChI is InChI=1S/C44H24N4O/c45-25-33-21-31(17-19-47-33)27-9-13-29(14-10-27)39-23-41-43(37-7-3-1-5-35(37)39)44-38-8-4-2-6-36(38)40(24-42(44)49-41)30-15-11-28(12-16-30)32-18-20-48-34(22-32)26-46/h1-24H. The van der Waals surface area contributed by atoms with Gasteiger partial charge in [-0.15, -0.1) is 0 Å². The Morgan fingerprint density at radius 1 is 0.408 bits per heavy atom. The summed E-state index contributed by atoms with van der Waals surface area (Å²) in [4.78, 5) is 8.22. The molecule has 0 radical (unpaired) electrons. The minimum atomic E-state index is 0.399. The zero-order valence-electron chi connectivity index (χ0n) is 26.1. The molecule has 49 heavy (non-hydrogen) atoms. The molecule has 6 aromatic carbocycles. The smallest absolute Gasteiger partial charge is 0.141 e. The van der Waals surface area contributed by atoms with Crippen molar-refractivity contribution >= 4 is 43.5 Å². The topological polar surface area (TPSA) is 86.5 Å². The lowest BCUT2D eigenvalue weighted by atomic mass is 9.91. The first kappa shape index (κ1) is 28.2. The summed E-state index contributed by atoms with van der Waals surface area (Å²) in [6.45, 7) is 0. The molecule has 0 saturated carbocycles. The van der Waals surface area contributed by atoms with E-state index in [-0.39, 0.29) is 0 Å². The molecule has 0 bridgehead atoms. The van der Waals surface area contributed by atoms with Gasteiger partial charge < -0.3 is 4.42 Å². The Labute approximate surface area is 281 Å². The van der Waals surface area contributed by atoms with Gasteiger partial charge in [-0.3, -0.25) is 0 Å². The Morgan fingerprint density at radius 3 is 1.20 bits per heavy atom. The van der Waals surface area contributed by atoms with Crippen molar-refractivity contribution < 1.29 is 4.42 Å². The van der Waals surface area contributed by atoms with Crippen LogP contribution in [0.2, 0.25) is 0 Å². The number of nitriles is 2. The molecule has 226 valence electrons. The van der Waals surface area contributed by atoms with Crippen LogP contribution >= 0.6 is 0 Å². The molecule has 5 nitrogen and oxygen atoms in total. The maximum Gasteiger partial charge on any atom is 0.141 e. The van der Waals surface area contributed by atoms with Gasteiger partial charge in [-0.2, -0.15) is 10.5 Å². The molecule has 0 N–H and O–H groups in total. The molecule has 0 amide bonds. The highest BCUT2D eigenvalue weighted by molar-refractivity contribution is 6.29. The Morgan fingerprint density at radius 2 is 0.796 bits per heavy atom. The number of aromatic nitrogens is 2. The van der Waals surface area contributed by atoms with Crippen LogP contribution in [0.4, 0.5) is 0 Å². The van der Waals surface area contributed by atoms with E-state index in [1.54, 1.807) is 12.4 Å². The van der Waals surface area contributed by atoms with Crippen LogP contribution in [0.15, 0.2) is 150 Å². The molecule has 5 heteroatoms. The zero-order chi connectivity index (χ0) is 32.9. The van der Waals surface area contributed by atoms with E-state index in [1.807, 2.05) is 24.3 Å². The van der Waals surface area contributed by atoms with Crippen molar-refractivity contribution in [3.8, 4) is 56.6 Å². The quantitative estimate of drug-likeness (QED) is 0.194. The van der Waals surface area contributed by atoms with Crippen molar-refractivity contribution in [2.75, 3.05) is 0 Å². The van der Waals surface area contributed by atoms with E-state index < -0.39 is 0 Å². The van der Waals surface area contributed by atoms with Gasteiger partial charge in [-0.25, -0.2) is 9.97 Å². The first-order valence-corrected chi connectivity index (χ1v) is 15.9. The average molecular weight is 625 g/mol. The molecule has 0 aliphatic carbocycles. The van der Waals surface area contributed by atoms with Crippen LogP contribution in [0, 0.1) is 22.7 Å². The monoisotopic (exact) mass is 624 g/mol. The number of pyridine rings is 2. The van der Waals surface area contributed by atoms with Crippen molar-refractivity contribution in [1.82, 2.24) is 9.97 Å². The molecule has 0 saturated heterocycles. The Hall–Kier alpha value is -7.08. The molecule has 0 spiro atoms. The van der Waals surface area contributed by atoms with E-state index in [9.17, 15) is 10.5 Å². The summed E-state index contributed by atoms with van der Waals surface area (Å²) in [5.41, 5.74) is 10.8. The molecule has 0 unspecified atom stereocenters. The molecular formula is C44H24N4O.